The highest BCUT2D eigenvalue weighted by atomic mass is 32.2. The molecule has 3 rings (SSSR count). The van der Waals surface area contributed by atoms with E-state index in [2.05, 4.69) is 15.3 Å². The van der Waals surface area contributed by atoms with Crippen LogP contribution in [0.3, 0.4) is 0 Å². The Labute approximate surface area is 130 Å². The Morgan fingerprint density at radius 3 is 2.71 bits per heavy atom. The number of aromatic hydroxyl groups is 1. The molecule has 2 aromatic heterocycles. The molecule has 0 unspecified atom stereocenters. The topological polar surface area (TPSA) is 58.0 Å². The molecule has 1 aromatic carbocycles. The molecular weight excluding hydrogens is 302 g/mol. The molecule has 0 spiro atoms. The maximum atomic E-state index is 9.88. The first-order chi connectivity index (χ1) is 10.2. The lowest BCUT2D eigenvalue weighted by molar-refractivity contribution is 0.462. The van der Waals surface area contributed by atoms with Crippen LogP contribution in [0.25, 0.3) is 0 Å². The summed E-state index contributed by atoms with van der Waals surface area (Å²) in [6.45, 7) is 1.96. The van der Waals surface area contributed by atoms with Crippen molar-refractivity contribution in [3.05, 3.63) is 53.7 Å². The van der Waals surface area contributed by atoms with Crippen LogP contribution in [0.2, 0.25) is 0 Å². The number of phenols is 1. The van der Waals surface area contributed by atoms with Gasteiger partial charge in [-0.2, -0.15) is 0 Å². The minimum absolute atomic E-state index is 0.266. The van der Waals surface area contributed by atoms with Gasteiger partial charge >= 0.3 is 0 Å². The summed E-state index contributed by atoms with van der Waals surface area (Å²) < 4.78 is 0. The Balaban J connectivity index is 1.87. The minimum Gasteiger partial charge on any atom is -0.507 e. The fourth-order valence-electron chi connectivity index (χ4n) is 1.74. The number of rotatable bonds is 4. The lowest BCUT2D eigenvalue weighted by atomic mass is 10.3. The van der Waals surface area contributed by atoms with Crippen molar-refractivity contribution in [1.29, 1.82) is 0 Å². The number of aromatic nitrogens is 2. The van der Waals surface area contributed by atoms with E-state index in [1.165, 1.54) is 11.8 Å². The minimum atomic E-state index is 0.266. The zero-order valence-corrected chi connectivity index (χ0v) is 12.9. The molecule has 0 saturated carbocycles. The molecule has 0 aliphatic heterocycles. The lowest BCUT2D eigenvalue weighted by Gasteiger charge is -2.09. The summed E-state index contributed by atoms with van der Waals surface area (Å²) in [5, 5.41) is 15.9. The molecule has 0 aliphatic rings. The van der Waals surface area contributed by atoms with Crippen molar-refractivity contribution in [2.45, 2.75) is 16.7 Å². The van der Waals surface area contributed by atoms with Gasteiger partial charge in [-0.25, -0.2) is 9.97 Å². The van der Waals surface area contributed by atoms with Crippen LogP contribution < -0.4 is 5.32 Å². The first-order valence-corrected chi connectivity index (χ1v) is 8.02. The number of aryl methyl sites for hydroxylation is 1. The highest BCUT2D eigenvalue weighted by molar-refractivity contribution is 7.99. The SMILES string of the molecule is Cc1csc(Nc2ncccc2Sc2ccccc2O)n1. The summed E-state index contributed by atoms with van der Waals surface area (Å²) in [6, 6.07) is 11.1. The van der Waals surface area contributed by atoms with Crippen LogP contribution >= 0.6 is 23.1 Å². The number of para-hydroxylation sites is 1. The molecule has 0 amide bonds. The second kappa shape index (κ2) is 6.15. The van der Waals surface area contributed by atoms with E-state index in [0.717, 1.165) is 26.4 Å². The number of hydrogen-bond donors (Lipinski definition) is 2. The van der Waals surface area contributed by atoms with Gasteiger partial charge in [0, 0.05) is 11.6 Å². The van der Waals surface area contributed by atoms with Gasteiger partial charge in [-0.15, -0.1) is 11.3 Å². The molecule has 0 radical (unpaired) electrons. The van der Waals surface area contributed by atoms with Crippen molar-refractivity contribution < 1.29 is 5.11 Å². The van der Waals surface area contributed by atoms with Crippen molar-refractivity contribution in [2.75, 3.05) is 5.32 Å². The number of hydrogen-bond acceptors (Lipinski definition) is 6. The van der Waals surface area contributed by atoms with E-state index in [0.29, 0.717) is 0 Å². The van der Waals surface area contributed by atoms with E-state index in [4.69, 9.17) is 0 Å². The fraction of sp³-hybridized carbons (Fsp3) is 0.0667. The average Bonchev–Trinajstić information content (AvgIpc) is 2.89. The number of nitrogens with one attached hydrogen (secondary N) is 1. The largest absolute Gasteiger partial charge is 0.507 e. The fourth-order valence-corrected chi connectivity index (χ4v) is 3.33. The number of pyridine rings is 1. The van der Waals surface area contributed by atoms with Gasteiger partial charge in [-0.05, 0) is 31.2 Å². The van der Waals surface area contributed by atoms with Crippen LogP contribution in [0.5, 0.6) is 5.75 Å². The molecule has 0 atom stereocenters. The molecule has 6 heteroatoms. The Morgan fingerprint density at radius 2 is 1.95 bits per heavy atom. The third kappa shape index (κ3) is 3.34. The highest BCUT2D eigenvalue weighted by Gasteiger charge is 2.09. The summed E-state index contributed by atoms with van der Waals surface area (Å²) in [7, 11) is 0. The van der Waals surface area contributed by atoms with Crippen LogP contribution in [0.15, 0.2) is 57.8 Å². The first kappa shape index (κ1) is 13.9. The Kier molecular flexibility index (Phi) is 4.08. The molecule has 3 aromatic rings. The van der Waals surface area contributed by atoms with Crippen molar-refractivity contribution in [2.24, 2.45) is 0 Å². The zero-order valence-electron chi connectivity index (χ0n) is 11.3. The molecule has 106 valence electrons. The van der Waals surface area contributed by atoms with Gasteiger partial charge in [0.15, 0.2) is 5.13 Å². The van der Waals surface area contributed by atoms with Gasteiger partial charge in [0.1, 0.15) is 11.6 Å². The van der Waals surface area contributed by atoms with Crippen LogP contribution in [-0.2, 0) is 0 Å². The predicted octanol–water partition coefficient (Wildman–Crippen LogP) is 4.45. The second-order valence-electron chi connectivity index (χ2n) is 4.34. The number of benzene rings is 1. The molecule has 21 heavy (non-hydrogen) atoms. The molecule has 0 bridgehead atoms. The van der Waals surface area contributed by atoms with Crippen LogP contribution in [0.1, 0.15) is 5.69 Å². The molecule has 0 fully saturated rings. The quantitative estimate of drug-likeness (QED) is 0.745. The molecular formula is C15H13N3OS2. The Morgan fingerprint density at radius 1 is 1.14 bits per heavy atom. The number of nitrogens with zero attached hydrogens (tertiary/aromatic N) is 2. The summed E-state index contributed by atoms with van der Waals surface area (Å²) in [4.78, 5) is 10.5. The average molecular weight is 315 g/mol. The molecule has 4 nitrogen and oxygen atoms in total. The molecule has 0 saturated heterocycles. The maximum absolute atomic E-state index is 9.88. The monoisotopic (exact) mass is 315 g/mol. The maximum Gasteiger partial charge on any atom is 0.188 e. The first-order valence-electron chi connectivity index (χ1n) is 6.32. The molecule has 0 aliphatic carbocycles. The van der Waals surface area contributed by atoms with Gasteiger partial charge in [-0.1, -0.05) is 23.9 Å². The van der Waals surface area contributed by atoms with Crippen LogP contribution in [0.4, 0.5) is 10.9 Å². The third-order valence-corrected chi connectivity index (χ3v) is 4.69. The summed E-state index contributed by atoms with van der Waals surface area (Å²) in [5.41, 5.74) is 0.980. The summed E-state index contributed by atoms with van der Waals surface area (Å²) in [5.74, 6) is 1.00. The lowest BCUT2D eigenvalue weighted by Crippen LogP contribution is -1.95. The number of phenolic OH excluding ortho intramolecular Hbond substituents is 1. The summed E-state index contributed by atoms with van der Waals surface area (Å²) >= 11 is 3.01. The van der Waals surface area contributed by atoms with Crippen molar-refractivity contribution in [1.82, 2.24) is 9.97 Å². The second-order valence-corrected chi connectivity index (χ2v) is 6.28. The van der Waals surface area contributed by atoms with Crippen LogP contribution in [0, 0.1) is 6.92 Å². The van der Waals surface area contributed by atoms with Gasteiger partial charge < -0.3 is 10.4 Å². The van der Waals surface area contributed by atoms with E-state index < -0.39 is 0 Å². The Hall–Kier alpha value is -2.05. The third-order valence-electron chi connectivity index (χ3n) is 2.70. The van der Waals surface area contributed by atoms with E-state index in [1.54, 1.807) is 29.7 Å². The summed E-state index contributed by atoms with van der Waals surface area (Å²) in [6.07, 6.45) is 1.73. The van der Waals surface area contributed by atoms with Gasteiger partial charge in [0.2, 0.25) is 0 Å². The smallest absolute Gasteiger partial charge is 0.188 e. The predicted molar refractivity (Wildman–Crippen MR) is 86.6 cm³/mol. The van der Waals surface area contributed by atoms with Gasteiger partial charge in [0.25, 0.3) is 0 Å². The van der Waals surface area contributed by atoms with E-state index in [1.807, 2.05) is 36.6 Å². The van der Waals surface area contributed by atoms with Crippen molar-refractivity contribution >= 4 is 34.0 Å². The van der Waals surface area contributed by atoms with Crippen molar-refractivity contribution in [3.63, 3.8) is 0 Å². The van der Waals surface area contributed by atoms with Gasteiger partial charge in [0.05, 0.1) is 15.5 Å². The highest BCUT2D eigenvalue weighted by Crippen LogP contribution is 2.37. The van der Waals surface area contributed by atoms with E-state index in [9.17, 15) is 5.11 Å². The molecule has 2 N–H and O–H groups in total. The van der Waals surface area contributed by atoms with E-state index in [-0.39, 0.29) is 5.75 Å². The molecule has 2 heterocycles. The van der Waals surface area contributed by atoms with Gasteiger partial charge in [-0.3, -0.25) is 0 Å². The standard InChI is InChI=1S/C15H13N3OS2/c1-10-9-20-15(17-10)18-14-13(7-4-8-16-14)21-12-6-3-2-5-11(12)19/h2-9,19H,1H3,(H,16,17,18). The number of thiazole rings is 1. The zero-order chi connectivity index (χ0) is 14.7. The van der Waals surface area contributed by atoms with E-state index >= 15 is 0 Å². The van der Waals surface area contributed by atoms with Crippen LogP contribution in [-0.4, -0.2) is 15.1 Å². The number of anilines is 2. The Bertz CT molecular complexity index is 758. The normalized spacial score (nSPS) is 10.5. The van der Waals surface area contributed by atoms with Crippen molar-refractivity contribution in [3.8, 4) is 5.75 Å².